The van der Waals surface area contributed by atoms with Gasteiger partial charge in [0.2, 0.25) is 0 Å². The second-order valence-corrected chi connectivity index (χ2v) is 8.00. The summed E-state index contributed by atoms with van der Waals surface area (Å²) in [4.78, 5) is 27.6. The molecule has 2 amide bonds. The van der Waals surface area contributed by atoms with Gasteiger partial charge in [-0.1, -0.05) is 27.7 Å². The number of urea groups is 1. The summed E-state index contributed by atoms with van der Waals surface area (Å²) in [5, 5.41) is 9.32. The van der Waals surface area contributed by atoms with Gasteiger partial charge in [0.15, 0.2) is 0 Å². The van der Waals surface area contributed by atoms with Crippen molar-refractivity contribution in [2.24, 2.45) is 11.3 Å². The molecule has 1 N–H and O–H groups in total. The highest BCUT2D eigenvalue weighted by Crippen LogP contribution is 2.37. The van der Waals surface area contributed by atoms with Gasteiger partial charge in [0.25, 0.3) is 0 Å². The van der Waals surface area contributed by atoms with E-state index < -0.39 is 12.0 Å². The Balaban J connectivity index is 2.17. The molecule has 6 heteroatoms. The third kappa shape index (κ3) is 2.90. The molecule has 2 unspecified atom stereocenters. The fourth-order valence-electron chi connectivity index (χ4n) is 2.91. The number of carboxylic acids is 1. The minimum absolute atomic E-state index is 0.0349. The van der Waals surface area contributed by atoms with E-state index in [0.717, 1.165) is 13.0 Å². The normalized spacial score (nSPS) is 29.2. The van der Waals surface area contributed by atoms with Crippen LogP contribution in [0.5, 0.6) is 0 Å². The number of thioether (sulfide) groups is 1. The number of hydrogen-bond acceptors (Lipinski definition) is 3. The average molecular weight is 300 g/mol. The molecule has 2 rings (SSSR count). The minimum atomic E-state index is -0.896. The van der Waals surface area contributed by atoms with Gasteiger partial charge >= 0.3 is 12.0 Å². The van der Waals surface area contributed by atoms with E-state index in [1.807, 2.05) is 18.7 Å². The van der Waals surface area contributed by atoms with Crippen LogP contribution in [0, 0.1) is 11.3 Å². The molecule has 0 radical (unpaired) electrons. The van der Waals surface area contributed by atoms with Crippen LogP contribution in [0.15, 0.2) is 0 Å². The zero-order valence-electron chi connectivity index (χ0n) is 12.6. The lowest BCUT2D eigenvalue weighted by molar-refractivity contribution is -0.141. The van der Waals surface area contributed by atoms with Gasteiger partial charge in [-0.15, -0.1) is 11.8 Å². The highest BCUT2D eigenvalue weighted by molar-refractivity contribution is 8.00. The minimum Gasteiger partial charge on any atom is -0.480 e. The molecule has 5 nitrogen and oxygen atoms in total. The van der Waals surface area contributed by atoms with Crippen molar-refractivity contribution < 1.29 is 14.7 Å². The van der Waals surface area contributed by atoms with Crippen LogP contribution in [-0.4, -0.2) is 57.2 Å². The summed E-state index contributed by atoms with van der Waals surface area (Å²) in [6, 6.07) is -0.796. The van der Waals surface area contributed by atoms with E-state index in [9.17, 15) is 14.7 Å². The number of amides is 2. The second-order valence-electron chi connectivity index (χ2n) is 6.85. The lowest BCUT2D eigenvalue weighted by Crippen LogP contribution is -2.52. The van der Waals surface area contributed by atoms with E-state index in [1.54, 1.807) is 16.7 Å². The van der Waals surface area contributed by atoms with Crippen molar-refractivity contribution in [1.29, 1.82) is 0 Å². The monoisotopic (exact) mass is 300 g/mol. The van der Waals surface area contributed by atoms with E-state index in [-0.39, 0.29) is 22.7 Å². The SMILES string of the molecule is CC(C)C1SCC(C(=O)O)N1C(=O)N1CCC(C)(C)C1. The van der Waals surface area contributed by atoms with Crippen molar-refractivity contribution in [1.82, 2.24) is 9.80 Å². The zero-order chi connectivity index (χ0) is 15.1. The van der Waals surface area contributed by atoms with Crippen molar-refractivity contribution in [2.45, 2.75) is 45.5 Å². The standard InChI is InChI=1S/C14H24N2O3S/c1-9(2)11-16(10(7-20-11)12(17)18)13(19)15-6-5-14(3,4)8-15/h9-11H,5-8H2,1-4H3,(H,17,18). The maximum atomic E-state index is 12.7. The summed E-state index contributed by atoms with van der Waals surface area (Å²) < 4.78 is 0. The number of carbonyl (C=O) groups is 2. The number of carboxylic acid groups (broad SMARTS) is 1. The Kier molecular flexibility index (Phi) is 4.23. The molecule has 0 saturated carbocycles. The first-order chi connectivity index (χ1) is 9.23. The molecule has 0 aromatic carbocycles. The van der Waals surface area contributed by atoms with Crippen LogP contribution >= 0.6 is 11.8 Å². The summed E-state index contributed by atoms with van der Waals surface area (Å²) in [5.74, 6) is -0.155. The number of carbonyl (C=O) groups excluding carboxylic acids is 1. The molecular formula is C14H24N2O3S. The second kappa shape index (κ2) is 5.47. The largest absolute Gasteiger partial charge is 0.480 e. The fraction of sp³-hybridized carbons (Fsp3) is 0.857. The van der Waals surface area contributed by atoms with Crippen molar-refractivity contribution in [3.8, 4) is 0 Å². The summed E-state index contributed by atoms with van der Waals surface area (Å²) in [6.45, 7) is 9.81. The van der Waals surface area contributed by atoms with Gasteiger partial charge in [0, 0.05) is 18.8 Å². The highest BCUT2D eigenvalue weighted by Gasteiger charge is 2.46. The summed E-state index contributed by atoms with van der Waals surface area (Å²) in [7, 11) is 0. The predicted molar refractivity (Wildman–Crippen MR) is 79.7 cm³/mol. The van der Waals surface area contributed by atoms with Gasteiger partial charge < -0.3 is 10.0 Å². The van der Waals surface area contributed by atoms with Crippen LogP contribution in [0.1, 0.15) is 34.1 Å². The Bertz CT molecular complexity index is 411. The van der Waals surface area contributed by atoms with E-state index in [0.29, 0.717) is 12.3 Å². The van der Waals surface area contributed by atoms with Gasteiger partial charge in [-0.3, -0.25) is 4.90 Å². The smallest absolute Gasteiger partial charge is 0.327 e. The van der Waals surface area contributed by atoms with Gasteiger partial charge in [0.05, 0.1) is 5.37 Å². The average Bonchev–Trinajstić information content (AvgIpc) is 2.91. The summed E-state index contributed by atoms with van der Waals surface area (Å²) in [6.07, 6.45) is 0.976. The summed E-state index contributed by atoms with van der Waals surface area (Å²) >= 11 is 1.58. The van der Waals surface area contributed by atoms with E-state index >= 15 is 0 Å². The molecule has 2 aliphatic rings. The Morgan fingerprint density at radius 1 is 1.35 bits per heavy atom. The first kappa shape index (κ1) is 15.5. The molecule has 2 heterocycles. The van der Waals surface area contributed by atoms with Crippen molar-refractivity contribution in [3.05, 3.63) is 0 Å². The van der Waals surface area contributed by atoms with E-state index in [4.69, 9.17) is 0 Å². The Hall–Kier alpha value is -0.910. The van der Waals surface area contributed by atoms with Crippen LogP contribution in [0.4, 0.5) is 4.79 Å². The van der Waals surface area contributed by atoms with Gasteiger partial charge in [-0.25, -0.2) is 9.59 Å². The van der Waals surface area contributed by atoms with Crippen molar-refractivity contribution in [3.63, 3.8) is 0 Å². The Morgan fingerprint density at radius 3 is 2.45 bits per heavy atom. The predicted octanol–water partition coefficient (Wildman–Crippen LogP) is 2.32. The quantitative estimate of drug-likeness (QED) is 0.850. The van der Waals surface area contributed by atoms with E-state index in [1.165, 1.54) is 0 Å². The number of hydrogen-bond donors (Lipinski definition) is 1. The molecule has 2 atom stereocenters. The molecule has 20 heavy (non-hydrogen) atoms. The van der Waals surface area contributed by atoms with E-state index in [2.05, 4.69) is 13.8 Å². The molecule has 0 aromatic heterocycles. The number of rotatable bonds is 2. The van der Waals surface area contributed by atoms with Gasteiger partial charge in [-0.2, -0.15) is 0 Å². The molecule has 0 spiro atoms. The third-order valence-electron chi connectivity index (χ3n) is 4.06. The van der Waals surface area contributed by atoms with Crippen LogP contribution in [0.25, 0.3) is 0 Å². The summed E-state index contributed by atoms with van der Waals surface area (Å²) in [5.41, 5.74) is 0.134. The third-order valence-corrected chi connectivity index (χ3v) is 5.68. The number of likely N-dealkylation sites (tertiary alicyclic amines) is 1. The Morgan fingerprint density at radius 2 is 2.00 bits per heavy atom. The van der Waals surface area contributed by atoms with Crippen LogP contribution in [0.2, 0.25) is 0 Å². The maximum Gasteiger partial charge on any atom is 0.327 e. The molecule has 0 aromatic rings. The van der Waals surface area contributed by atoms with Gasteiger partial charge in [-0.05, 0) is 17.8 Å². The van der Waals surface area contributed by atoms with Crippen LogP contribution in [-0.2, 0) is 4.79 Å². The lowest BCUT2D eigenvalue weighted by Gasteiger charge is -2.33. The fourth-order valence-corrected chi connectivity index (χ4v) is 4.38. The van der Waals surface area contributed by atoms with Crippen molar-refractivity contribution in [2.75, 3.05) is 18.8 Å². The van der Waals surface area contributed by atoms with Crippen LogP contribution < -0.4 is 0 Å². The number of nitrogens with zero attached hydrogens (tertiary/aromatic N) is 2. The molecule has 2 aliphatic heterocycles. The molecule has 0 bridgehead atoms. The molecule has 2 saturated heterocycles. The molecule has 114 valence electrons. The first-order valence-electron chi connectivity index (χ1n) is 7.14. The molecule has 2 fully saturated rings. The Labute approximate surface area is 124 Å². The topological polar surface area (TPSA) is 60.9 Å². The zero-order valence-corrected chi connectivity index (χ0v) is 13.4. The molecular weight excluding hydrogens is 276 g/mol. The number of aliphatic carboxylic acids is 1. The molecule has 0 aliphatic carbocycles. The van der Waals surface area contributed by atoms with Crippen molar-refractivity contribution >= 4 is 23.8 Å². The van der Waals surface area contributed by atoms with Gasteiger partial charge in [0.1, 0.15) is 6.04 Å². The maximum absolute atomic E-state index is 12.7. The lowest BCUT2D eigenvalue weighted by atomic mass is 9.93. The van der Waals surface area contributed by atoms with Crippen LogP contribution in [0.3, 0.4) is 0 Å². The highest BCUT2D eigenvalue weighted by atomic mass is 32.2. The first-order valence-corrected chi connectivity index (χ1v) is 8.19.